The molecule has 1 aliphatic rings. The van der Waals surface area contributed by atoms with Crippen LogP contribution in [0.4, 0.5) is 4.79 Å². The minimum Gasteiger partial charge on any atom is -0.459 e. The standard InChI is InChI=1S/C20H28N2O3/c1-12(2)18(19-13(3)16-7-5-6-8-17(16)25-19)21-20(24)22(4)11-14-9-15(23)10-14/h5-8,12,14-15,18,23H,9-11H2,1-4H3,(H,21,24)/t14?,15?,18-/m1/s1. The van der Waals surface area contributed by atoms with Crippen molar-refractivity contribution >= 4 is 17.0 Å². The molecule has 0 saturated heterocycles. The SMILES string of the molecule is Cc1c([C@H](NC(=O)N(C)CC2CC(O)C2)C(C)C)oc2ccccc12. The van der Waals surface area contributed by atoms with Gasteiger partial charge in [-0.3, -0.25) is 0 Å². The summed E-state index contributed by atoms with van der Waals surface area (Å²) in [6, 6.07) is 7.69. The molecule has 1 atom stereocenters. The average molecular weight is 344 g/mol. The summed E-state index contributed by atoms with van der Waals surface area (Å²) in [5.41, 5.74) is 1.94. The Morgan fingerprint density at radius 2 is 2.04 bits per heavy atom. The van der Waals surface area contributed by atoms with Crippen molar-refractivity contribution in [3.8, 4) is 0 Å². The molecule has 1 saturated carbocycles. The third-order valence-corrected chi connectivity index (χ3v) is 5.20. The first-order valence-electron chi connectivity index (χ1n) is 9.04. The summed E-state index contributed by atoms with van der Waals surface area (Å²) in [5.74, 6) is 1.44. The maximum Gasteiger partial charge on any atom is 0.317 e. The van der Waals surface area contributed by atoms with Crippen LogP contribution in [0.15, 0.2) is 28.7 Å². The summed E-state index contributed by atoms with van der Waals surface area (Å²) < 4.78 is 6.06. The molecule has 0 spiro atoms. The van der Waals surface area contributed by atoms with Crippen molar-refractivity contribution in [1.82, 2.24) is 10.2 Å². The fourth-order valence-corrected chi connectivity index (χ4v) is 3.59. The molecular weight excluding hydrogens is 316 g/mol. The lowest BCUT2D eigenvalue weighted by atomic mass is 9.82. The highest BCUT2D eigenvalue weighted by Crippen LogP contribution is 2.33. The minimum absolute atomic E-state index is 0.0973. The van der Waals surface area contributed by atoms with Crippen molar-refractivity contribution in [3.05, 3.63) is 35.6 Å². The van der Waals surface area contributed by atoms with E-state index in [0.717, 1.165) is 35.1 Å². The van der Waals surface area contributed by atoms with Gasteiger partial charge >= 0.3 is 6.03 Å². The van der Waals surface area contributed by atoms with Crippen molar-refractivity contribution in [2.24, 2.45) is 11.8 Å². The van der Waals surface area contributed by atoms with Gasteiger partial charge in [0.05, 0.1) is 12.1 Å². The number of hydrogen-bond donors (Lipinski definition) is 2. The van der Waals surface area contributed by atoms with Gasteiger partial charge in [-0.05, 0) is 37.7 Å². The van der Waals surface area contributed by atoms with Crippen LogP contribution in [0.3, 0.4) is 0 Å². The van der Waals surface area contributed by atoms with Gasteiger partial charge < -0.3 is 19.7 Å². The van der Waals surface area contributed by atoms with Gasteiger partial charge in [0.25, 0.3) is 0 Å². The molecule has 0 radical (unpaired) electrons. The number of carbonyl (C=O) groups excluding carboxylic acids is 1. The number of aliphatic hydroxyl groups excluding tert-OH is 1. The Balaban J connectivity index is 1.74. The number of furan rings is 1. The lowest BCUT2D eigenvalue weighted by Gasteiger charge is -2.35. The number of fused-ring (bicyclic) bond motifs is 1. The fourth-order valence-electron chi connectivity index (χ4n) is 3.59. The van der Waals surface area contributed by atoms with E-state index in [1.165, 1.54) is 0 Å². The third-order valence-electron chi connectivity index (χ3n) is 5.20. The second-order valence-corrected chi connectivity index (χ2v) is 7.63. The minimum atomic E-state index is -0.192. The largest absolute Gasteiger partial charge is 0.459 e. The summed E-state index contributed by atoms with van der Waals surface area (Å²) >= 11 is 0. The van der Waals surface area contributed by atoms with E-state index in [2.05, 4.69) is 19.2 Å². The molecule has 1 fully saturated rings. The van der Waals surface area contributed by atoms with Gasteiger partial charge in [0.1, 0.15) is 11.3 Å². The number of aliphatic hydroxyl groups is 1. The number of para-hydroxylation sites is 1. The van der Waals surface area contributed by atoms with E-state index in [9.17, 15) is 9.90 Å². The summed E-state index contributed by atoms with van der Waals surface area (Å²) in [4.78, 5) is 14.3. The normalized spacial score (nSPS) is 21.2. The monoisotopic (exact) mass is 344 g/mol. The number of amides is 2. The van der Waals surface area contributed by atoms with Crippen molar-refractivity contribution in [2.45, 2.75) is 45.8 Å². The second kappa shape index (κ2) is 7.08. The van der Waals surface area contributed by atoms with Crippen molar-refractivity contribution in [3.63, 3.8) is 0 Å². The molecule has 2 N–H and O–H groups in total. The fraction of sp³-hybridized carbons (Fsp3) is 0.550. The van der Waals surface area contributed by atoms with Crippen molar-refractivity contribution < 1.29 is 14.3 Å². The van der Waals surface area contributed by atoms with E-state index < -0.39 is 0 Å². The Bertz CT molecular complexity index is 746. The maximum atomic E-state index is 12.6. The van der Waals surface area contributed by atoms with Crippen LogP contribution in [0.5, 0.6) is 0 Å². The van der Waals surface area contributed by atoms with Crippen LogP contribution in [0, 0.1) is 18.8 Å². The number of rotatable bonds is 5. The predicted octanol–water partition coefficient (Wildman–Crippen LogP) is 3.85. The smallest absolute Gasteiger partial charge is 0.317 e. The van der Waals surface area contributed by atoms with Gasteiger partial charge in [0.2, 0.25) is 0 Å². The number of hydrogen-bond acceptors (Lipinski definition) is 3. The van der Waals surface area contributed by atoms with Gasteiger partial charge in [-0.15, -0.1) is 0 Å². The molecule has 1 aliphatic carbocycles. The van der Waals surface area contributed by atoms with Gasteiger partial charge in [-0.25, -0.2) is 4.79 Å². The Hall–Kier alpha value is -2.01. The molecule has 5 nitrogen and oxygen atoms in total. The van der Waals surface area contributed by atoms with Gasteiger partial charge in [-0.1, -0.05) is 32.0 Å². The summed E-state index contributed by atoms with van der Waals surface area (Å²) in [6.07, 6.45) is 1.38. The number of aryl methyl sites for hydroxylation is 1. The molecule has 1 aromatic carbocycles. The molecule has 2 aromatic rings. The van der Waals surface area contributed by atoms with E-state index in [4.69, 9.17) is 4.42 Å². The zero-order valence-corrected chi connectivity index (χ0v) is 15.5. The molecule has 0 aliphatic heterocycles. The average Bonchev–Trinajstić information content (AvgIpc) is 2.87. The van der Waals surface area contributed by atoms with Crippen LogP contribution in [0.1, 0.15) is 44.1 Å². The van der Waals surface area contributed by atoms with Crippen LogP contribution in [-0.2, 0) is 0 Å². The summed E-state index contributed by atoms with van der Waals surface area (Å²) in [5, 5.41) is 13.6. The third kappa shape index (κ3) is 3.66. The first-order valence-corrected chi connectivity index (χ1v) is 9.04. The second-order valence-electron chi connectivity index (χ2n) is 7.63. The molecule has 2 amide bonds. The Labute approximate surface area is 149 Å². The Morgan fingerprint density at radius 3 is 2.64 bits per heavy atom. The van der Waals surface area contributed by atoms with Crippen LogP contribution >= 0.6 is 0 Å². The summed E-state index contributed by atoms with van der Waals surface area (Å²) in [6.45, 7) is 6.88. The lowest BCUT2D eigenvalue weighted by molar-refractivity contribution is 0.0322. The number of nitrogens with one attached hydrogen (secondary N) is 1. The van der Waals surface area contributed by atoms with Crippen LogP contribution in [0.2, 0.25) is 0 Å². The van der Waals surface area contributed by atoms with Gasteiger partial charge in [0.15, 0.2) is 0 Å². The number of urea groups is 1. The molecule has 5 heteroatoms. The number of carbonyl (C=O) groups is 1. The highest BCUT2D eigenvalue weighted by Gasteiger charge is 2.31. The Kier molecular flexibility index (Phi) is 5.04. The number of nitrogens with zero attached hydrogens (tertiary/aromatic N) is 1. The lowest BCUT2D eigenvalue weighted by Crippen LogP contribution is -2.45. The van der Waals surface area contributed by atoms with Crippen molar-refractivity contribution in [1.29, 1.82) is 0 Å². The predicted molar refractivity (Wildman–Crippen MR) is 98.4 cm³/mol. The zero-order valence-electron chi connectivity index (χ0n) is 15.5. The molecular formula is C20H28N2O3. The highest BCUT2D eigenvalue weighted by molar-refractivity contribution is 5.82. The van der Waals surface area contributed by atoms with Gasteiger partial charge in [-0.2, -0.15) is 0 Å². The molecule has 1 heterocycles. The zero-order chi connectivity index (χ0) is 18.1. The number of benzene rings is 1. The molecule has 3 rings (SSSR count). The molecule has 1 aromatic heterocycles. The highest BCUT2D eigenvalue weighted by atomic mass is 16.3. The van der Waals surface area contributed by atoms with E-state index in [1.807, 2.05) is 38.2 Å². The van der Waals surface area contributed by atoms with Crippen molar-refractivity contribution in [2.75, 3.05) is 13.6 Å². The maximum absolute atomic E-state index is 12.6. The van der Waals surface area contributed by atoms with E-state index in [1.54, 1.807) is 4.90 Å². The molecule has 136 valence electrons. The van der Waals surface area contributed by atoms with E-state index in [-0.39, 0.29) is 24.1 Å². The molecule has 0 bridgehead atoms. The topological polar surface area (TPSA) is 65.7 Å². The molecule has 25 heavy (non-hydrogen) atoms. The first kappa shape index (κ1) is 17.8. The Morgan fingerprint density at radius 1 is 1.36 bits per heavy atom. The van der Waals surface area contributed by atoms with Crippen LogP contribution in [0.25, 0.3) is 11.0 Å². The quantitative estimate of drug-likeness (QED) is 0.866. The van der Waals surface area contributed by atoms with E-state index >= 15 is 0 Å². The van der Waals surface area contributed by atoms with Crippen LogP contribution in [-0.4, -0.2) is 35.7 Å². The van der Waals surface area contributed by atoms with Gasteiger partial charge in [0, 0.05) is 24.5 Å². The summed E-state index contributed by atoms with van der Waals surface area (Å²) in [7, 11) is 1.81. The molecule has 0 unspecified atom stereocenters. The van der Waals surface area contributed by atoms with E-state index in [0.29, 0.717) is 12.5 Å². The van der Waals surface area contributed by atoms with Crippen LogP contribution < -0.4 is 5.32 Å². The first-order chi connectivity index (χ1) is 11.9.